The molecule has 0 aliphatic carbocycles. The average molecular weight is 380 g/mol. The minimum atomic E-state index is 0.133. The summed E-state index contributed by atoms with van der Waals surface area (Å²) in [6.45, 7) is 0. The zero-order valence-electron chi connectivity index (χ0n) is 9.64. The summed E-state index contributed by atoms with van der Waals surface area (Å²) in [5, 5.41) is 18.9. The monoisotopic (exact) mass is 378 g/mol. The van der Waals surface area contributed by atoms with Crippen molar-refractivity contribution in [2.24, 2.45) is 0 Å². The molecule has 2 aromatic rings. The topological polar surface area (TPSA) is 56.9 Å². The maximum absolute atomic E-state index is 9.65. The summed E-state index contributed by atoms with van der Waals surface area (Å²) in [4.78, 5) is 4.14. The molecular weight excluding hydrogens is 372 g/mol. The molecule has 1 aromatic carbocycles. The number of rotatable bonds is 2. The molecule has 0 aliphatic heterocycles. The normalized spacial score (nSPS) is 11.1. The van der Waals surface area contributed by atoms with Crippen LogP contribution in [0.5, 0.6) is 5.75 Å². The lowest BCUT2D eigenvalue weighted by Crippen LogP contribution is -1.86. The van der Waals surface area contributed by atoms with Gasteiger partial charge in [0, 0.05) is 6.20 Å². The molecule has 1 aromatic heterocycles. The van der Waals surface area contributed by atoms with Gasteiger partial charge in [-0.2, -0.15) is 5.26 Å². The van der Waals surface area contributed by atoms with Crippen molar-refractivity contribution in [1.82, 2.24) is 4.98 Å². The molecule has 0 bridgehead atoms. The van der Waals surface area contributed by atoms with Crippen LogP contribution in [0, 0.1) is 11.3 Å². The van der Waals surface area contributed by atoms with Crippen molar-refractivity contribution in [2.45, 2.75) is 0 Å². The molecule has 19 heavy (non-hydrogen) atoms. The van der Waals surface area contributed by atoms with Gasteiger partial charge in [-0.15, -0.1) is 0 Å². The van der Waals surface area contributed by atoms with Crippen LogP contribution in [-0.4, -0.2) is 10.1 Å². The van der Waals surface area contributed by atoms with Crippen LogP contribution in [0.4, 0.5) is 0 Å². The maximum atomic E-state index is 9.65. The van der Waals surface area contributed by atoms with Crippen LogP contribution < -0.4 is 0 Å². The first-order valence-electron chi connectivity index (χ1n) is 5.33. The first-order valence-corrected chi connectivity index (χ1v) is 6.91. The first kappa shape index (κ1) is 13.8. The summed E-state index contributed by atoms with van der Waals surface area (Å²) in [6, 6.07) is 11.0. The van der Waals surface area contributed by atoms with Gasteiger partial charge in [0.15, 0.2) is 0 Å². The third-order valence-electron chi connectivity index (χ3n) is 2.41. The molecule has 0 atom stereocenters. The van der Waals surface area contributed by atoms with Gasteiger partial charge in [-0.3, -0.25) is 4.98 Å². The van der Waals surface area contributed by atoms with Crippen molar-refractivity contribution in [3.63, 3.8) is 0 Å². The van der Waals surface area contributed by atoms with Gasteiger partial charge in [-0.25, -0.2) is 0 Å². The molecule has 0 amide bonds. The van der Waals surface area contributed by atoms with E-state index in [1.54, 1.807) is 36.5 Å². The predicted molar refractivity (Wildman–Crippen MR) is 81.2 cm³/mol. The molecule has 94 valence electrons. The summed E-state index contributed by atoms with van der Waals surface area (Å²) >= 11 is 6.51. The molecule has 0 saturated carbocycles. The molecular formula is C14H8Br2N2O. The largest absolute Gasteiger partial charge is 0.506 e. The molecule has 0 spiro atoms. The smallest absolute Gasteiger partial charge is 0.143 e. The Bertz CT molecular complexity index is 653. The number of benzene rings is 1. The van der Waals surface area contributed by atoms with Gasteiger partial charge in [-0.1, -0.05) is 6.07 Å². The molecule has 1 heterocycles. The number of pyridine rings is 1. The number of aromatic nitrogens is 1. The lowest BCUT2D eigenvalue weighted by atomic mass is 10.1. The summed E-state index contributed by atoms with van der Waals surface area (Å²) in [5.41, 5.74) is 1.87. The molecule has 2 rings (SSSR count). The summed E-state index contributed by atoms with van der Waals surface area (Å²) in [7, 11) is 0. The van der Waals surface area contributed by atoms with Crippen molar-refractivity contribution in [2.75, 3.05) is 0 Å². The van der Waals surface area contributed by atoms with Crippen LogP contribution in [0.1, 0.15) is 11.3 Å². The fourth-order valence-electron chi connectivity index (χ4n) is 1.52. The highest BCUT2D eigenvalue weighted by molar-refractivity contribution is 9.11. The highest BCUT2D eigenvalue weighted by atomic mass is 79.9. The Morgan fingerprint density at radius 1 is 1.26 bits per heavy atom. The fourth-order valence-corrected chi connectivity index (χ4v) is 2.74. The van der Waals surface area contributed by atoms with Crippen molar-refractivity contribution in [3.8, 4) is 11.8 Å². The van der Waals surface area contributed by atoms with E-state index in [2.05, 4.69) is 42.9 Å². The maximum Gasteiger partial charge on any atom is 0.143 e. The highest BCUT2D eigenvalue weighted by Crippen LogP contribution is 2.34. The standard InChI is InChI=1S/C14H8Br2N2O/c15-11-6-9(7-12(16)14(11)19)5-10(8-17)13-3-1-2-4-18-13/h1-7,19H. The van der Waals surface area contributed by atoms with Gasteiger partial charge in [-0.05, 0) is 67.8 Å². The van der Waals surface area contributed by atoms with Crippen LogP contribution in [0.3, 0.4) is 0 Å². The number of hydrogen-bond acceptors (Lipinski definition) is 3. The third kappa shape index (κ3) is 3.22. The number of hydrogen-bond donors (Lipinski definition) is 1. The number of phenolic OH excluding ortho intramolecular Hbond substituents is 1. The number of nitriles is 1. The van der Waals surface area contributed by atoms with E-state index in [1.807, 2.05) is 6.07 Å². The molecule has 0 radical (unpaired) electrons. The minimum absolute atomic E-state index is 0.133. The molecule has 0 fully saturated rings. The van der Waals surface area contributed by atoms with Crippen molar-refractivity contribution >= 4 is 43.5 Å². The van der Waals surface area contributed by atoms with E-state index < -0.39 is 0 Å². The van der Waals surface area contributed by atoms with E-state index >= 15 is 0 Å². The Kier molecular flexibility index (Phi) is 4.35. The zero-order chi connectivity index (χ0) is 13.8. The van der Waals surface area contributed by atoms with Crippen LogP contribution in [-0.2, 0) is 0 Å². The third-order valence-corrected chi connectivity index (χ3v) is 3.62. The molecule has 0 aliphatic rings. The summed E-state index contributed by atoms with van der Waals surface area (Å²) in [6.07, 6.45) is 3.36. The average Bonchev–Trinajstić information content (AvgIpc) is 2.43. The van der Waals surface area contributed by atoms with Crippen LogP contribution in [0.25, 0.3) is 11.6 Å². The van der Waals surface area contributed by atoms with E-state index in [-0.39, 0.29) is 5.75 Å². The minimum Gasteiger partial charge on any atom is -0.506 e. The van der Waals surface area contributed by atoms with Gasteiger partial charge in [0.25, 0.3) is 0 Å². The molecule has 3 nitrogen and oxygen atoms in total. The number of nitrogens with zero attached hydrogens (tertiary/aromatic N) is 2. The molecule has 0 unspecified atom stereocenters. The van der Waals surface area contributed by atoms with Crippen LogP contribution in [0.15, 0.2) is 45.5 Å². The van der Waals surface area contributed by atoms with Crippen molar-refractivity contribution in [1.29, 1.82) is 5.26 Å². The van der Waals surface area contributed by atoms with Crippen LogP contribution >= 0.6 is 31.9 Å². The van der Waals surface area contributed by atoms with E-state index in [0.717, 1.165) is 5.56 Å². The SMILES string of the molecule is N#CC(=Cc1cc(Br)c(O)c(Br)c1)c1ccccn1. The van der Waals surface area contributed by atoms with Gasteiger partial charge in [0.2, 0.25) is 0 Å². The van der Waals surface area contributed by atoms with Crippen molar-refractivity contribution < 1.29 is 5.11 Å². The van der Waals surface area contributed by atoms with E-state index in [1.165, 1.54) is 0 Å². The quantitative estimate of drug-likeness (QED) is 0.788. The second-order valence-corrected chi connectivity index (χ2v) is 5.43. The van der Waals surface area contributed by atoms with Crippen molar-refractivity contribution in [3.05, 3.63) is 56.7 Å². The number of halogens is 2. The predicted octanol–water partition coefficient (Wildman–Crippen LogP) is 4.38. The number of aromatic hydroxyl groups is 1. The summed E-state index contributed by atoms with van der Waals surface area (Å²) in [5.74, 6) is 0.133. The second-order valence-electron chi connectivity index (χ2n) is 3.72. The number of phenols is 1. The van der Waals surface area contributed by atoms with E-state index in [4.69, 9.17) is 0 Å². The zero-order valence-corrected chi connectivity index (χ0v) is 12.8. The Morgan fingerprint density at radius 3 is 2.47 bits per heavy atom. The van der Waals surface area contributed by atoms with Gasteiger partial charge >= 0.3 is 0 Å². The van der Waals surface area contributed by atoms with E-state index in [0.29, 0.717) is 20.2 Å². The summed E-state index contributed by atoms with van der Waals surface area (Å²) < 4.78 is 1.12. The lowest BCUT2D eigenvalue weighted by Gasteiger charge is -2.03. The molecule has 0 saturated heterocycles. The number of allylic oxidation sites excluding steroid dienone is 1. The lowest BCUT2D eigenvalue weighted by molar-refractivity contribution is 0.468. The fraction of sp³-hybridized carbons (Fsp3) is 0. The van der Waals surface area contributed by atoms with Crippen LogP contribution in [0.2, 0.25) is 0 Å². The molecule has 1 N–H and O–H groups in total. The molecule has 5 heteroatoms. The Labute approximate surface area is 127 Å². The first-order chi connectivity index (χ1) is 9.11. The van der Waals surface area contributed by atoms with E-state index in [9.17, 15) is 10.4 Å². The Balaban J connectivity index is 2.48. The highest BCUT2D eigenvalue weighted by Gasteiger charge is 2.07. The van der Waals surface area contributed by atoms with Gasteiger partial charge in [0.1, 0.15) is 11.8 Å². The second kappa shape index (κ2) is 6.00. The van der Waals surface area contributed by atoms with Gasteiger partial charge < -0.3 is 5.11 Å². The Hall–Kier alpha value is -1.64. The Morgan fingerprint density at radius 2 is 1.95 bits per heavy atom. The van der Waals surface area contributed by atoms with Gasteiger partial charge in [0.05, 0.1) is 20.2 Å².